The number of nitrogens with one attached hydrogen (secondary N) is 1. The van der Waals surface area contributed by atoms with Crippen molar-refractivity contribution in [1.29, 1.82) is 0 Å². The number of amides is 1. The van der Waals surface area contributed by atoms with Crippen LogP contribution in [0.4, 0.5) is 4.79 Å². The Morgan fingerprint density at radius 3 is 2.28 bits per heavy atom. The first-order chi connectivity index (χ1) is 11.8. The lowest BCUT2D eigenvalue weighted by Gasteiger charge is -2.22. The number of hydrogen-bond acceptors (Lipinski definition) is 4. The number of hydrogen-bond donors (Lipinski definition) is 1. The molecule has 0 aliphatic rings. The van der Waals surface area contributed by atoms with Crippen molar-refractivity contribution >= 4 is 12.1 Å². The summed E-state index contributed by atoms with van der Waals surface area (Å²) in [6.07, 6.45) is 13.0. The molecule has 0 aromatic carbocycles. The normalized spacial score (nSPS) is 12.8. The van der Waals surface area contributed by atoms with Crippen LogP contribution >= 0.6 is 0 Å². The third kappa shape index (κ3) is 15.7. The zero-order valence-electron chi connectivity index (χ0n) is 16.7. The second-order valence-corrected chi connectivity index (χ2v) is 7.39. The van der Waals surface area contributed by atoms with Gasteiger partial charge >= 0.3 is 12.1 Å². The van der Waals surface area contributed by atoms with Gasteiger partial charge in [0.1, 0.15) is 5.60 Å². The van der Waals surface area contributed by atoms with Crippen LogP contribution in [0.3, 0.4) is 0 Å². The van der Waals surface area contributed by atoms with Gasteiger partial charge in [0.2, 0.25) is 0 Å². The fourth-order valence-electron chi connectivity index (χ4n) is 2.37. The molecule has 0 rings (SSSR count). The van der Waals surface area contributed by atoms with Gasteiger partial charge < -0.3 is 14.8 Å². The Bertz CT molecular complexity index is 399. The maximum Gasteiger partial charge on any atom is 0.407 e. The van der Waals surface area contributed by atoms with Gasteiger partial charge in [-0.3, -0.25) is 4.79 Å². The highest BCUT2D eigenvalue weighted by Gasteiger charge is 2.20. The molecule has 0 bridgehead atoms. The van der Waals surface area contributed by atoms with Crippen LogP contribution in [0.15, 0.2) is 12.2 Å². The number of rotatable bonds is 12. The maximum absolute atomic E-state index is 11.9. The average Bonchev–Trinajstić information content (AvgIpc) is 2.51. The zero-order chi connectivity index (χ0) is 19.1. The van der Waals surface area contributed by atoms with E-state index in [1.54, 1.807) is 0 Å². The van der Waals surface area contributed by atoms with Gasteiger partial charge in [0.15, 0.2) is 0 Å². The van der Waals surface area contributed by atoms with E-state index in [-0.39, 0.29) is 18.4 Å². The average molecular weight is 356 g/mol. The van der Waals surface area contributed by atoms with E-state index in [1.807, 2.05) is 26.8 Å². The molecule has 25 heavy (non-hydrogen) atoms. The van der Waals surface area contributed by atoms with E-state index in [2.05, 4.69) is 18.3 Å². The van der Waals surface area contributed by atoms with E-state index >= 15 is 0 Å². The number of allylic oxidation sites excluding steroid dienone is 1. The van der Waals surface area contributed by atoms with Crippen LogP contribution in [0.2, 0.25) is 0 Å². The number of unbranched alkanes of at least 4 members (excludes halogenated alkanes) is 6. The third-order valence-corrected chi connectivity index (χ3v) is 3.67. The summed E-state index contributed by atoms with van der Waals surface area (Å²) in [6.45, 7) is 7.64. The Hall–Kier alpha value is -1.52. The predicted octanol–water partition coefficient (Wildman–Crippen LogP) is 5.14. The summed E-state index contributed by atoms with van der Waals surface area (Å²) < 4.78 is 9.95. The molecule has 0 aliphatic carbocycles. The van der Waals surface area contributed by atoms with Crippen LogP contribution < -0.4 is 5.32 Å². The van der Waals surface area contributed by atoms with Gasteiger partial charge in [0, 0.05) is 6.04 Å². The van der Waals surface area contributed by atoms with E-state index in [1.165, 1.54) is 45.6 Å². The Labute approximate surface area is 153 Å². The SMILES string of the molecule is CCCCCCCC/C=C\C[C@@H](CC(=O)OC)NC(=O)OC(C)(C)C. The summed E-state index contributed by atoms with van der Waals surface area (Å²) >= 11 is 0. The fourth-order valence-corrected chi connectivity index (χ4v) is 2.37. The van der Waals surface area contributed by atoms with E-state index in [0.29, 0.717) is 6.42 Å². The molecule has 0 unspecified atom stereocenters. The highest BCUT2D eigenvalue weighted by molar-refractivity contribution is 5.72. The number of ether oxygens (including phenoxy) is 2. The second-order valence-electron chi connectivity index (χ2n) is 7.39. The van der Waals surface area contributed by atoms with Gasteiger partial charge in [0.25, 0.3) is 0 Å². The lowest BCUT2D eigenvalue weighted by Crippen LogP contribution is -2.40. The van der Waals surface area contributed by atoms with Gasteiger partial charge in [-0.2, -0.15) is 0 Å². The van der Waals surface area contributed by atoms with Crippen LogP contribution in [-0.4, -0.2) is 30.8 Å². The van der Waals surface area contributed by atoms with Crippen LogP contribution in [0.1, 0.15) is 85.5 Å². The van der Waals surface area contributed by atoms with E-state index < -0.39 is 11.7 Å². The summed E-state index contributed by atoms with van der Waals surface area (Å²) in [4.78, 5) is 23.4. The molecule has 0 saturated carbocycles. The van der Waals surface area contributed by atoms with Crippen molar-refractivity contribution in [3.05, 3.63) is 12.2 Å². The first-order valence-electron chi connectivity index (χ1n) is 9.49. The molecule has 5 nitrogen and oxygen atoms in total. The van der Waals surface area contributed by atoms with E-state index in [0.717, 1.165) is 6.42 Å². The number of carbonyl (C=O) groups is 2. The molecular weight excluding hydrogens is 318 g/mol. The van der Waals surface area contributed by atoms with Crippen molar-refractivity contribution in [3.63, 3.8) is 0 Å². The fraction of sp³-hybridized carbons (Fsp3) is 0.800. The quantitative estimate of drug-likeness (QED) is 0.299. The van der Waals surface area contributed by atoms with Crippen molar-refractivity contribution < 1.29 is 19.1 Å². The summed E-state index contributed by atoms with van der Waals surface area (Å²) in [5.41, 5.74) is -0.562. The van der Waals surface area contributed by atoms with Crippen LogP contribution in [0, 0.1) is 0 Å². The third-order valence-electron chi connectivity index (χ3n) is 3.67. The Kier molecular flexibility index (Phi) is 12.9. The molecule has 0 aromatic heterocycles. The molecule has 0 saturated heterocycles. The number of methoxy groups -OCH3 is 1. The zero-order valence-corrected chi connectivity index (χ0v) is 16.7. The minimum absolute atomic E-state index is 0.136. The van der Waals surface area contributed by atoms with Crippen LogP contribution in [0.5, 0.6) is 0 Å². The van der Waals surface area contributed by atoms with Gasteiger partial charge in [-0.15, -0.1) is 0 Å². The summed E-state index contributed by atoms with van der Waals surface area (Å²) in [7, 11) is 1.35. The maximum atomic E-state index is 11.9. The van der Waals surface area contributed by atoms with Crippen molar-refractivity contribution in [2.45, 2.75) is 97.1 Å². The molecular formula is C20H37NO4. The molecule has 0 aliphatic heterocycles. The summed E-state index contributed by atoms with van der Waals surface area (Å²) in [5.74, 6) is -0.342. The first kappa shape index (κ1) is 23.5. The van der Waals surface area contributed by atoms with Gasteiger partial charge in [0.05, 0.1) is 13.5 Å². The number of carbonyl (C=O) groups excluding carboxylic acids is 2. The molecule has 0 fully saturated rings. The van der Waals surface area contributed by atoms with Crippen LogP contribution in [0.25, 0.3) is 0 Å². The van der Waals surface area contributed by atoms with Gasteiger partial charge in [-0.1, -0.05) is 51.2 Å². The standard InChI is InChI=1S/C20H37NO4/c1-6-7-8-9-10-11-12-13-14-15-17(16-18(22)24-5)21-19(23)25-20(2,3)4/h13-14,17H,6-12,15-16H2,1-5H3,(H,21,23)/b14-13-/t17-/m0/s1. The lowest BCUT2D eigenvalue weighted by atomic mass is 10.1. The highest BCUT2D eigenvalue weighted by atomic mass is 16.6. The molecule has 1 N–H and O–H groups in total. The largest absolute Gasteiger partial charge is 0.469 e. The van der Waals surface area contributed by atoms with Gasteiger partial charge in [-0.05, 0) is 40.0 Å². The number of esters is 1. The summed E-state index contributed by atoms with van der Waals surface area (Å²) in [5, 5.41) is 2.75. The Morgan fingerprint density at radius 2 is 1.68 bits per heavy atom. The topological polar surface area (TPSA) is 64.6 Å². The van der Waals surface area contributed by atoms with E-state index in [4.69, 9.17) is 9.47 Å². The summed E-state index contributed by atoms with van der Waals surface area (Å²) in [6, 6.07) is -0.317. The highest BCUT2D eigenvalue weighted by Crippen LogP contribution is 2.10. The Morgan fingerprint density at radius 1 is 1.04 bits per heavy atom. The van der Waals surface area contributed by atoms with Crippen molar-refractivity contribution in [1.82, 2.24) is 5.32 Å². The molecule has 146 valence electrons. The number of alkyl carbamates (subject to hydrolysis) is 1. The molecule has 5 heteroatoms. The monoisotopic (exact) mass is 355 g/mol. The van der Waals surface area contributed by atoms with E-state index in [9.17, 15) is 9.59 Å². The molecule has 1 atom stereocenters. The van der Waals surface area contributed by atoms with Crippen molar-refractivity contribution in [3.8, 4) is 0 Å². The Balaban J connectivity index is 4.20. The minimum atomic E-state index is -0.562. The molecule has 1 amide bonds. The molecule has 0 aromatic rings. The molecule has 0 heterocycles. The first-order valence-corrected chi connectivity index (χ1v) is 9.49. The lowest BCUT2D eigenvalue weighted by molar-refractivity contribution is -0.141. The predicted molar refractivity (Wildman–Crippen MR) is 102 cm³/mol. The van der Waals surface area contributed by atoms with Crippen molar-refractivity contribution in [2.75, 3.05) is 7.11 Å². The van der Waals surface area contributed by atoms with Crippen molar-refractivity contribution in [2.24, 2.45) is 0 Å². The second kappa shape index (κ2) is 13.7. The molecule has 0 spiro atoms. The molecule has 0 radical (unpaired) electrons. The minimum Gasteiger partial charge on any atom is -0.469 e. The van der Waals surface area contributed by atoms with Crippen LogP contribution in [-0.2, 0) is 14.3 Å². The smallest absolute Gasteiger partial charge is 0.407 e. The van der Waals surface area contributed by atoms with Gasteiger partial charge in [-0.25, -0.2) is 4.79 Å².